The lowest BCUT2D eigenvalue weighted by Crippen LogP contribution is -2.34. The lowest BCUT2D eigenvalue weighted by Gasteiger charge is -2.20. The summed E-state index contributed by atoms with van der Waals surface area (Å²) in [4.78, 5) is 24.3. The molecule has 0 saturated carbocycles. The first-order valence-electron chi connectivity index (χ1n) is 6.85. The van der Waals surface area contributed by atoms with Crippen molar-refractivity contribution in [2.24, 2.45) is 0 Å². The molecule has 6 nitrogen and oxygen atoms in total. The first-order valence-corrected chi connectivity index (χ1v) is 6.85. The summed E-state index contributed by atoms with van der Waals surface area (Å²) in [5.74, 6) is -0.0275. The molecule has 0 bridgehead atoms. The molecule has 0 aliphatic rings. The second-order valence-corrected chi connectivity index (χ2v) is 5.55. The van der Waals surface area contributed by atoms with E-state index >= 15 is 0 Å². The van der Waals surface area contributed by atoms with E-state index in [4.69, 9.17) is 10.00 Å². The fourth-order valence-electron chi connectivity index (χ4n) is 1.54. The van der Waals surface area contributed by atoms with Crippen molar-refractivity contribution in [3.8, 4) is 6.07 Å². The van der Waals surface area contributed by atoms with Gasteiger partial charge in [-0.15, -0.1) is 0 Å². The minimum atomic E-state index is -0.493. The quantitative estimate of drug-likeness (QED) is 0.725. The Kier molecular flexibility index (Phi) is 8.37. The van der Waals surface area contributed by atoms with Crippen LogP contribution in [0.15, 0.2) is 0 Å². The van der Waals surface area contributed by atoms with Gasteiger partial charge in [0.2, 0.25) is 5.91 Å². The summed E-state index contributed by atoms with van der Waals surface area (Å²) in [5, 5.41) is 11.2. The second kappa shape index (κ2) is 9.18. The number of hydrogen-bond acceptors (Lipinski definition) is 4. The van der Waals surface area contributed by atoms with E-state index in [9.17, 15) is 9.59 Å². The average molecular weight is 283 g/mol. The van der Waals surface area contributed by atoms with Crippen molar-refractivity contribution in [3.05, 3.63) is 0 Å². The summed E-state index contributed by atoms with van der Waals surface area (Å²) in [7, 11) is 0. The molecule has 2 amide bonds. The zero-order valence-corrected chi connectivity index (χ0v) is 12.9. The Morgan fingerprint density at radius 1 is 1.25 bits per heavy atom. The maximum atomic E-state index is 11.4. The van der Waals surface area contributed by atoms with Gasteiger partial charge in [0.05, 0.1) is 12.5 Å². The van der Waals surface area contributed by atoms with E-state index < -0.39 is 11.7 Å². The van der Waals surface area contributed by atoms with Gasteiger partial charge in [0, 0.05) is 26.6 Å². The Labute approximate surface area is 121 Å². The van der Waals surface area contributed by atoms with E-state index in [-0.39, 0.29) is 5.91 Å². The number of nitrogens with zero attached hydrogens (tertiary/aromatic N) is 2. The van der Waals surface area contributed by atoms with Crippen LogP contribution in [0, 0.1) is 11.3 Å². The summed E-state index contributed by atoms with van der Waals surface area (Å²) in [6, 6.07) is 2.02. The molecule has 0 saturated heterocycles. The van der Waals surface area contributed by atoms with E-state index in [1.807, 2.05) is 26.8 Å². The van der Waals surface area contributed by atoms with Crippen LogP contribution in [0.2, 0.25) is 0 Å². The molecule has 0 unspecified atom stereocenters. The van der Waals surface area contributed by atoms with Crippen molar-refractivity contribution < 1.29 is 14.3 Å². The van der Waals surface area contributed by atoms with Crippen molar-refractivity contribution in [1.82, 2.24) is 10.2 Å². The predicted octanol–water partition coefficient (Wildman–Crippen LogP) is 2.05. The highest BCUT2D eigenvalue weighted by molar-refractivity contribution is 5.73. The zero-order valence-electron chi connectivity index (χ0n) is 12.9. The number of hydrogen-bond donors (Lipinski definition) is 1. The van der Waals surface area contributed by atoms with E-state index in [1.54, 1.807) is 4.90 Å². The third-order valence-corrected chi connectivity index (χ3v) is 2.46. The molecule has 0 atom stereocenters. The average Bonchev–Trinajstić information content (AvgIpc) is 2.29. The molecule has 0 radical (unpaired) electrons. The monoisotopic (exact) mass is 283 g/mol. The van der Waals surface area contributed by atoms with Crippen LogP contribution in [-0.4, -0.2) is 42.1 Å². The predicted molar refractivity (Wildman–Crippen MR) is 76.0 cm³/mol. The Bertz CT molecular complexity index is 356. The SMILES string of the molecule is CC(=O)N(CCC#N)CCCCNC(=O)OC(C)(C)C. The van der Waals surface area contributed by atoms with Gasteiger partial charge in [-0.1, -0.05) is 0 Å². The molecule has 0 aromatic heterocycles. The molecule has 0 aliphatic heterocycles. The number of nitriles is 1. The highest BCUT2D eigenvalue weighted by atomic mass is 16.6. The minimum absolute atomic E-state index is 0.0275. The number of ether oxygens (including phenoxy) is 1. The van der Waals surface area contributed by atoms with Gasteiger partial charge >= 0.3 is 6.09 Å². The standard InChI is InChI=1S/C14H25N3O3/c1-12(18)17(11-7-8-15)10-6-5-9-16-13(19)20-14(2,3)4/h5-7,9-11H2,1-4H3,(H,16,19). The van der Waals surface area contributed by atoms with Crippen molar-refractivity contribution in [1.29, 1.82) is 5.26 Å². The van der Waals surface area contributed by atoms with Crippen molar-refractivity contribution in [2.45, 2.75) is 52.6 Å². The lowest BCUT2D eigenvalue weighted by atomic mass is 10.2. The Hall–Kier alpha value is -1.77. The molecule has 20 heavy (non-hydrogen) atoms. The highest BCUT2D eigenvalue weighted by Crippen LogP contribution is 2.06. The van der Waals surface area contributed by atoms with E-state index in [0.717, 1.165) is 12.8 Å². The van der Waals surface area contributed by atoms with Gasteiger partial charge in [-0.25, -0.2) is 4.79 Å². The molecule has 6 heteroatoms. The normalized spacial score (nSPS) is 10.6. The topological polar surface area (TPSA) is 82.4 Å². The second-order valence-electron chi connectivity index (χ2n) is 5.55. The molecule has 0 aromatic rings. The smallest absolute Gasteiger partial charge is 0.407 e. The molecule has 1 N–H and O–H groups in total. The van der Waals surface area contributed by atoms with Gasteiger partial charge in [0.15, 0.2) is 0 Å². The van der Waals surface area contributed by atoms with Gasteiger partial charge in [0.25, 0.3) is 0 Å². The van der Waals surface area contributed by atoms with Crippen LogP contribution in [0.1, 0.15) is 47.0 Å². The molecule has 0 rings (SSSR count). The molecule has 0 spiro atoms. The number of unbranched alkanes of at least 4 members (excludes halogenated alkanes) is 1. The van der Waals surface area contributed by atoms with Gasteiger partial charge in [-0.2, -0.15) is 5.26 Å². The number of rotatable bonds is 7. The van der Waals surface area contributed by atoms with Crippen LogP contribution in [0.25, 0.3) is 0 Å². The van der Waals surface area contributed by atoms with Gasteiger partial charge < -0.3 is 15.0 Å². The van der Waals surface area contributed by atoms with E-state index in [0.29, 0.717) is 26.1 Å². The van der Waals surface area contributed by atoms with Crippen molar-refractivity contribution in [3.63, 3.8) is 0 Å². The summed E-state index contributed by atoms with van der Waals surface area (Å²) < 4.78 is 5.11. The minimum Gasteiger partial charge on any atom is -0.444 e. The third kappa shape index (κ3) is 10.2. The molecule has 0 fully saturated rings. The third-order valence-electron chi connectivity index (χ3n) is 2.46. The Balaban J connectivity index is 3.77. The number of amides is 2. The maximum absolute atomic E-state index is 11.4. The Morgan fingerprint density at radius 2 is 1.90 bits per heavy atom. The number of nitrogens with one attached hydrogen (secondary N) is 1. The first kappa shape index (κ1) is 18.2. The van der Waals surface area contributed by atoms with Gasteiger partial charge in [0.1, 0.15) is 5.60 Å². The van der Waals surface area contributed by atoms with Gasteiger partial charge in [-0.05, 0) is 33.6 Å². The van der Waals surface area contributed by atoms with Gasteiger partial charge in [-0.3, -0.25) is 4.79 Å². The number of alkyl carbamates (subject to hydrolysis) is 1. The molecule has 0 aromatic carbocycles. The highest BCUT2D eigenvalue weighted by Gasteiger charge is 2.15. The fourth-order valence-corrected chi connectivity index (χ4v) is 1.54. The fraction of sp³-hybridized carbons (Fsp3) is 0.786. The molecular formula is C14H25N3O3. The van der Waals surface area contributed by atoms with Crippen LogP contribution >= 0.6 is 0 Å². The molecule has 0 aliphatic carbocycles. The molecule has 114 valence electrons. The lowest BCUT2D eigenvalue weighted by molar-refractivity contribution is -0.128. The maximum Gasteiger partial charge on any atom is 0.407 e. The van der Waals surface area contributed by atoms with E-state index in [1.165, 1.54) is 6.92 Å². The molecule has 0 heterocycles. The van der Waals surface area contributed by atoms with Crippen LogP contribution in [0.3, 0.4) is 0 Å². The van der Waals surface area contributed by atoms with Crippen LogP contribution < -0.4 is 5.32 Å². The summed E-state index contributed by atoms with van der Waals surface area (Å²) in [6.45, 7) is 8.51. The van der Waals surface area contributed by atoms with Crippen LogP contribution in [-0.2, 0) is 9.53 Å². The summed E-state index contributed by atoms with van der Waals surface area (Å²) >= 11 is 0. The van der Waals surface area contributed by atoms with Crippen LogP contribution in [0.5, 0.6) is 0 Å². The van der Waals surface area contributed by atoms with Crippen molar-refractivity contribution in [2.75, 3.05) is 19.6 Å². The van der Waals surface area contributed by atoms with Crippen molar-refractivity contribution >= 4 is 12.0 Å². The summed E-state index contributed by atoms with van der Waals surface area (Å²) in [5.41, 5.74) is -0.493. The summed E-state index contributed by atoms with van der Waals surface area (Å²) in [6.07, 6.45) is 1.46. The van der Waals surface area contributed by atoms with Crippen LogP contribution in [0.4, 0.5) is 4.79 Å². The Morgan fingerprint density at radius 3 is 2.40 bits per heavy atom. The number of carbonyl (C=O) groups is 2. The zero-order chi connectivity index (χ0) is 15.6. The van der Waals surface area contributed by atoms with E-state index in [2.05, 4.69) is 5.32 Å². The molecular weight excluding hydrogens is 258 g/mol. The largest absolute Gasteiger partial charge is 0.444 e. The number of carbonyl (C=O) groups excluding carboxylic acids is 2. The first-order chi connectivity index (χ1) is 9.26.